The Morgan fingerprint density at radius 2 is 2.21 bits per heavy atom. The Morgan fingerprint density at radius 1 is 1.37 bits per heavy atom. The van der Waals surface area contributed by atoms with Gasteiger partial charge in [0.1, 0.15) is 11.3 Å². The Bertz CT molecular complexity index is 755. The second-order valence-electron chi connectivity index (χ2n) is 4.03. The number of fused-ring (bicyclic) bond motifs is 3. The highest BCUT2D eigenvalue weighted by atomic mass is 19.1. The molecule has 2 N–H and O–H groups in total. The van der Waals surface area contributed by atoms with Gasteiger partial charge in [0.15, 0.2) is 11.5 Å². The number of anilines is 1. The zero-order valence-corrected chi connectivity index (χ0v) is 10.3. The van der Waals surface area contributed by atoms with Crippen molar-refractivity contribution < 1.29 is 9.13 Å². The van der Waals surface area contributed by atoms with E-state index in [1.54, 1.807) is 13.2 Å². The Balaban J connectivity index is 2.38. The van der Waals surface area contributed by atoms with E-state index in [4.69, 9.17) is 10.5 Å². The highest BCUT2D eigenvalue weighted by Gasteiger charge is 2.13. The normalized spacial score (nSPS) is 11.3. The molecule has 0 bridgehead atoms. The Kier molecular flexibility index (Phi) is 2.66. The smallest absolute Gasteiger partial charge is 0.223 e. The number of para-hydroxylation sites is 1. The first kappa shape index (κ1) is 11.6. The van der Waals surface area contributed by atoms with Crippen molar-refractivity contribution in [1.29, 1.82) is 0 Å². The minimum atomic E-state index is -0.508. The molecule has 0 fully saturated rings. The summed E-state index contributed by atoms with van der Waals surface area (Å²) >= 11 is 0. The number of nitrogen functional groups attached to an aromatic ring is 1. The molecule has 0 unspecified atom stereocenters. The van der Waals surface area contributed by atoms with Crippen molar-refractivity contribution in [3.05, 3.63) is 24.0 Å². The number of nitrogens with zero attached hydrogens (tertiary/aromatic N) is 4. The van der Waals surface area contributed by atoms with Crippen molar-refractivity contribution in [2.45, 2.75) is 6.42 Å². The van der Waals surface area contributed by atoms with Crippen molar-refractivity contribution in [3.8, 4) is 5.75 Å². The minimum absolute atomic E-state index is 0.159. The molecule has 0 saturated heterocycles. The molecule has 2 heterocycles. The number of aryl methyl sites for hydroxylation is 1. The van der Waals surface area contributed by atoms with Gasteiger partial charge >= 0.3 is 0 Å². The molecule has 7 heteroatoms. The first-order chi connectivity index (χ1) is 9.24. The van der Waals surface area contributed by atoms with Gasteiger partial charge in [0.2, 0.25) is 5.95 Å². The van der Waals surface area contributed by atoms with Gasteiger partial charge in [-0.2, -0.15) is 4.52 Å². The number of ether oxygens (including phenoxy) is 1. The van der Waals surface area contributed by atoms with Gasteiger partial charge < -0.3 is 10.5 Å². The molecule has 0 spiro atoms. The van der Waals surface area contributed by atoms with Gasteiger partial charge in [-0.05, 0) is 12.1 Å². The zero-order chi connectivity index (χ0) is 13.4. The predicted molar refractivity (Wildman–Crippen MR) is 68.9 cm³/mol. The molecule has 0 radical (unpaired) electrons. The van der Waals surface area contributed by atoms with Gasteiger partial charge in [-0.1, -0.05) is 6.07 Å². The van der Waals surface area contributed by atoms with Crippen LogP contribution in [0.5, 0.6) is 5.75 Å². The van der Waals surface area contributed by atoms with Crippen molar-refractivity contribution in [2.24, 2.45) is 0 Å². The van der Waals surface area contributed by atoms with Crippen LogP contribution < -0.4 is 10.5 Å². The standard InChI is InChI=1S/C12H12FN5O/c1-19-8-4-2-3-7-10(8)16-12(14)18-11(7)15-9(17-18)5-6-13/h2-4H,5-6H2,1H3,(H2,14,16). The molecule has 0 aliphatic carbocycles. The van der Waals surface area contributed by atoms with Crippen LogP contribution in [0.4, 0.5) is 10.3 Å². The number of nitrogens with two attached hydrogens (primary N) is 1. The van der Waals surface area contributed by atoms with E-state index >= 15 is 0 Å². The lowest BCUT2D eigenvalue weighted by molar-refractivity contribution is 0.419. The maximum absolute atomic E-state index is 12.4. The number of benzene rings is 1. The number of halogens is 1. The third-order valence-corrected chi connectivity index (χ3v) is 2.87. The van der Waals surface area contributed by atoms with Crippen LogP contribution in [0.15, 0.2) is 18.2 Å². The third-order valence-electron chi connectivity index (χ3n) is 2.87. The molecule has 0 aliphatic heterocycles. The molecule has 19 heavy (non-hydrogen) atoms. The quantitative estimate of drug-likeness (QED) is 0.770. The van der Waals surface area contributed by atoms with E-state index in [1.165, 1.54) is 4.52 Å². The minimum Gasteiger partial charge on any atom is -0.494 e. The van der Waals surface area contributed by atoms with E-state index in [0.717, 1.165) is 5.39 Å². The molecule has 3 aromatic rings. The molecule has 0 amide bonds. The van der Waals surface area contributed by atoms with Gasteiger partial charge in [-0.3, -0.25) is 4.39 Å². The fraction of sp³-hybridized carbons (Fsp3) is 0.250. The maximum atomic E-state index is 12.4. The van der Waals surface area contributed by atoms with Crippen molar-refractivity contribution in [1.82, 2.24) is 19.6 Å². The second-order valence-corrected chi connectivity index (χ2v) is 4.03. The zero-order valence-electron chi connectivity index (χ0n) is 10.3. The van der Waals surface area contributed by atoms with E-state index in [0.29, 0.717) is 22.7 Å². The van der Waals surface area contributed by atoms with E-state index in [1.807, 2.05) is 12.1 Å². The van der Waals surface area contributed by atoms with Gasteiger partial charge in [0.25, 0.3) is 0 Å². The topological polar surface area (TPSA) is 78.3 Å². The maximum Gasteiger partial charge on any atom is 0.223 e. The van der Waals surface area contributed by atoms with Gasteiger partial charge in [0.05, 0.1) is 13.8 Å². The molecule has 0 aliphatic rings. The van der Waals surface area contributed by atoms with E-state index in [2.05, 4.69) is 15.1 Å². The Labute approximate surface area is 108 Å². The molecule has 1 aromatic carbocycles. The average Bonchev–Trinajstić information content (AvgIpc) is 2.83. The molecule has 98 valence electrons. The van der Waals surface area contributed by atoms with Crippen LogP contribution in [-0.2, 0) is 6.42 Å². The summed E-state index contributed by atoms with van der Waals surface area (Å²) in [6.07, 6.45) is 0.159. The van der Waals surface area contributed by atoms with Crippen molar-refractivity contribution in [2.75, 3.05) is 19.5 Å². The van der Waals surface area contributed by atoms with Gasteiger partial charge in [-0.25, -0.2) is 9.97 Å². The summed E-state index contributed by atoms with van der Waals surface area (Å²) in [5.41, 5.74) is 7.04. The fourth-order valence-corrected chi connectivity index (χ4v) is 2.02. The summed E-state index contributed by atoms with van der Waals surface area (Å²) in [7, 11) is 1.56. The average molecular weight is 261 g/mol. The second kappa shape index (κ2) is 4.34. The van der Waals surface area contributed by atoms with Gasteiger partial charge in [0, 0.05) is 11.8 Å². The van der Waals surface area contributed by atoms with Crippen LogP contribution in [0.1, 0.15) is 5.82 Å². The number of alkyl halides is 1. The summed E-state index contributed by atoms with van der Waals surface area (Å²) in [5, 5.41) is 4.91. The van der Waals surface area contributed by atoms with Crippen molar-refractivity contribution >= 4 is 22.5 Å². The molecule has 0 atom stereocenters. The van der Waals surface area contributed by atoms with Crippen molar-refractivity contribution in [3.63, 3.8) is 0 Å². The molecule has 3 rings (SSSR count). The van der Waals surface area contributed by atoms with Crippen LogP contribution in [0.25, 0.3) is 16.6 Å². The van der Waals surface area contributed by atoms with Crippen LogP contribution in [0.3, 0.4) is 0 Å². The summed E-state index contributed by atoms with van der Waals surface area (Å²) in [6, 6.07) is 5.49. The lowest BCUT2D eigenvalue weighted by Crippen LogP contribution is -2.03. The van der Waals surface area contributed by atoms with E-state index < -0.39 is 6.67 Å². The molecular weight excluding hydrogens is 249 g/mol. The Morgan fingerprint density at radius 3 is 2.95 bits per heavy atom. The number of aromatic nitrogens is 4. The summed E-state index contributed by atoms with van der Waals surface area (Å²) in [6.45, 7) is -0.508. The van der Waals surface area contributed by atoms with Gasteiger partial charge in [-0.15, -0.1) is 5.10 Å². The highest BCUT2D eigenvalue weighted by Crippen LogP contribution is 2.27. The lowest BCUT2D eigenvalue weighted by atomic mass is 10.2. The summed E-state index contributed by atoms with van der Waals surface area (Å²) in [5.74, 6) is 1.22. The fourth-order valence-electron chi connectivity index (χ4n) is 2.02. The number of hydrogen-bond donors (Lipinski definition) is 1. The van der Waals surface area contributed by atoms with E-state index in [-0.39, 0.29) is 12.4 Å². The molecular formula is C12H12FN5O. The SMILES string of the molecule is COc1cccc2c1nc(N)n1nc(CCF)nc21. The number of hydrogen-bond acceptors (Lipinski definition) is 5. The Hall–Kier alpha value is -2.44. The predicted octanol–water partition coefficient (Wildman–Crippen LogP) is 1.38. The van der Waals surface area contributed by atoms with Crippen LogP contribution in [0.2, 0.25) is 0 Å². The number of rotatable bonds is 3. The molecule has 2 aromatic heterocycles. The third kappa shape index (κ3) is 1.74. The molecule has 6 nitrogen and oxygen atoms in total. The largest absolute Gasteiger partial charge is 0.494 e. The highest BCUT2D eigenvalue weighted by molar-refractivity contribution is 5.95. The summed E-state index contributed by atoms with van der Waals surface area (Å²) in [4.78, 5) is 8.57. The van der Waals surface area contributed by atoms with Crippen LogP contribution >= 0.6 is 0 Å². The summed E-state index contributed by atoms with van der Waals surface area (Å²) < 4.78 is 19.1. The van der Waals surface area contributed by atoms with Crippen LogP contribution in [0, 0.1) is 0 Å². The molecule has 0 saturated carbocycles. The lowest BCUT2D eigenvalue weighted by Gasteiger charge is -2.06. The van der Waals surface area contributed by atoms with Crippen LogP contribution in [-0.4, -0.2) is 33.4 Å². The van der Waals surface area contributed by atoms with E-state index in [9.17, 15) is 4.39 Å². The number of methoxy groups -OCH3 is 1. The first-order valence-electron chi connectivity index (χ1n) is 5.78. The first-order valence-corrected chi connectivity index (χ1v) is 5.78. The monoisotopic (exact) mass is 261 g/mol.